The molecule has 0 aromatic carbocycles. The number of nitrogens with two attached hydrogens (primary N) is 1. The second-order valence-electron chi connectivity index (χ2n) is 4.62. The van der Waals surface area contributed by atoms with E-state index in [9.17, 15) is 8.42 Å². The SMILES string of the molecule is COC1CCCC(S(=O)(=O)C(C)CCN)C1. The zero-order valence-electron chi connectivity index (χ0n) is 10.2. The summed E-state index contributed by atoms with van der Waals surface area (Å²) in [5, 5.41) is -0.550. The van der Waals surface area contributed by atoms with Crippen LogP contribution >= 0.6 is 0 Å². The van der Waals surface area contributed by atoms with E-state index in [0.29, 0.717) is 19.4 Å². The Balaban J connectivity index is 2.67. The number of rotatable bonds is 5. The standard InChI is InChI=1S/C11H23NO3S/c1-9(6-7-12)16(13,14)11-5-3-4-10(8-11)15-2/h9-11H,3-8,12H2,1-2H3. The molecule has 4 nitrogen and oxygen atoms in total. The van der Waals surface area contributed by atoms with E-state index >= 15 is 0 Å². The van der Waals surface area contributed by atoms with Crippen LogP contribution in [0, 0.1) is 0 Å². The first-order chi connectivity index (χ1) is 7.52. The van der Waals surface area contributed by atoms with E-state index in [1.54, 1.807) is 14.0 Å². The van der Waals surface area contributed by atoms with E-state index in [2.05, 4.69) is 0 Å². The van der Waals surface area contributed by atoms with Gasteiger partial charge in [0.25, 0.3) is 0 Å². The highest BCUT2D eigenvalue weighted by atomic mass is 32.2. The fourth-order valence-corrected chi connectivity index (χ4v) is 4.44. The van der Waals surface area contributed by atoms with Gasteiger partial charge in [0.15, 0.2) is 9.84 Å². The minimum atomic E-state index is -3.03. The second kappa shape index (κ2) is 5.98. The Morgan fingerprint density at radius 2 is 2.12 bits per heavy atom. The van der Waals surface area contributed by atoms with Gasteiger partial charge in [-0.3, -0.25) is 0 Å². The van der Waals surface area contributed by atoms with E-state index in [1.807, 2.05) is 0 Å². The molecule has 0 amide bonds. The van der Waals surface area contributed by atoms with Crippen molar-refractivity contribution in [2.24, 2.45) is 5.73 Å². The summed E-state index contributed by atoms with van der Waals surface area (Å²) >= 11 is 0. The lowest BCUT2D eigenvalue weighted by Crippen LogP contribution is -2.37. The van der Waals surface area contributed by atoms with Gasteiger partial charge < -0.3 is 10.5 Å². The number of ether oxygens (including phenoxy) is 1. The van der Waals surface area contributed by atoms with Crippen molar-refractivity contribution in [1.82, 2.24) is 0 Å². The lowest BCUT2D eigenvalue weighted by atomic mass is 9.97. The molecule has 0 aliphatic heterocycles. The number of hydrogen-bond donors (Lipinski definition) is 1. The van der Waals surface area contributed by atoms with Crippen LogP contribution in [0.25, 0.3) is 0 Å². The Bertz CT molecular complexity index is 302. The maximum Gasteiger partial charge on any atom is 0.155 e. The van der Waals surface area contributed by atoms with Crippen molar-refractivity contribution < 1.29 is 13.2 Å². The monoisotopic (exact) mass is 249 g/mol. The number of sulfone groups is 1. The topological polar surface area (TPSA) is 69.4 Å². The Morgan fingerprint density at radius 3 is 2.69 bits per heavy atom. The first-order valence-corrected chi connectivity index (χ1v) is 7.59. The zero-order valence-corrected chi connectivity index (χ0v) is 11.0. The molecule has 1 aliphatic carbocycles. The predicted octanol–water partition coefficient (Wildman–Crippen LogP) is 1.10. The third kappa shape index (κ3) is 3.18. The van der Waals surface area contributed by atoms with E-state index < -0.39 is 9.84 Å². The summed E-state index contributed by atoms with van der Waals surface area (Å²) in [6.07, 6.45) is 4.01. The Kier molecular flexibility index (Phi) is 5.21. The van der Waals surface area contributed by atoms with Crippen LogP contribution in [0.3, 0.4) is 0 Å². The van der Waals surface area contributed by atoms with Crippen LogP contribution in [0.4, 0.5) is 0 Å². The zero-order chi connectivity index (χ0) is 12.2. The molecule has 0 heterocycles. The maximum atomic E-state index is 12.2. The Labute approximate surface area is 98.5 Å². The third-order valence-corrected chi connectivity index (χ3v) is 6.22. The Morgan fingerprint density at radius 1 is 1.44 bits per heavy atom. The summed E-state index contributed by atoms with van der Waals surface area (Å²) in [5.74, 6) is 0. The molecule has 16 heavy (non-hydrogen) atoms. The number of methoxy groups -OCH3 is 1. The van der Waals surface area contributed by atoms with Gasteiger partial charge >= 0.3 is 0 Å². The molecule has 0 bridgehead atoms. The summed E-state index contributed by atoms with van der Waals surface area (Å²) < 4.78 is 29.7. The van der Waals surface area contributed by atoms with Crippen molar-refractivity contribution in [2.45, 2.75) is 55.6 Å². The minimum absolute atomic E-state index is 0.110. The van der Waals surface area contributed by atoms with Gasteiger partial charge in [-0.25, -0.2) is 8.42 Å². The van der Waals surface area contributed by atoms with Crippen molar-refractivity contribution in [3.05, 3.63) is 0 Å². The average molecular weight is 249 g/mol. The van der Waals surface area contributed by atoms with Crippen molar-refractivity contribution in [2.75, 3.05) is 13.7 Å². The molecule has 96 valence electrons. The van der Waals surface area contributed by atoms with E-state index in [-0.39, 0.29) is 16.6 Å². The van der Waals surface area contributed by atoms with Gasteiger partial charge in [0, 0.05) is 7.11 Å². The molecular formula is C11H23NO3S. The van der Waals surface area contributed by atoms with E-state index in [4.69, 9.17) is 10.5 Å². The molecule has 1 rings (SSSR count). The normalized spacial score (nSPS) is 28.9. The fraction of sp³-hybridized carbons (Fsp3) is 1.00. The summed E-state index contributed by atoms with van der Waals surface area (Å²) in [6, 6.07) is 0. The average Bonchev–Trinajstić information content (AvgIpc) is 2.29. The smallest absolute Gasteiger partial charge is 0.155 e. The van der Waals surface area contributed by atoms with Crippen LogP contribution in [0.2, 0.25) is 0 Å². The largest absolute Gasteiger partial charge is 0.381 e. The quantitative estimate of drug-likeness (QED) is 0.792. The first kappa shape index (κ1) is 13.9. The summed E-state index contributed by atoms with van der Waals surface area (Å²) in [5.41, 5.74) is 5.42. The number of hydrogen-bond acceptors (Lipinski definition) is 4. The van der Waals surface area contributed by atoms with Gasteiger partial charge in [-0.15, -0.1) is 0 Å². The fourth-order valence-electron chi connectivity index (χ4n) is 2.34. The van der Waals surface area contributed by atoms with Crippen LogP contribution in [-0.4, -0.2) is 38.7 Å². The molecule has 3 unspecified atom stereocenters. The molecule has 1 fully saturated rings. The highest BCUT2D eigenvalue weighted by molar-refractivity contribution is 7.92. The molecular weight excluding hydrogens is 226 g/mol. The second-order valence-corrected chi connectivity index (χ2v) is 7.27. The molecule has 0 saturated heterocycles. The predicted molar refractivity (Wildman–Crippen MR) is 65.1 cm³/mol. The van der Waals surface area contributed by atoms with E-state index in [0.717, 1.165) is 19.3 Å². The molecule has 2 N–H and O–H groups in total. The molecule has 3 atom stereocenters. The summed E-state index contributed by atoms with van der Waals surface area (Å²) in [4.78, 5) is 0. The Hall–Kier alpha value is -0.130. The van der Waals surface area contributed by atoms with Crippen molar-refractivity contribution >= 4 is 9.84 Å². The minimum Gasteiger partial charge on any atom is -0.381 e. The summed E-state index contributed by atoms with van der Waals surface area (Å²) in [6.45, 7) is 2.19. The first-order valence-electron chi connectivity index (χ1n) is 5.98. The van der Waals surface area contributed by atoms with Crippen molar-refractivity contribution in [3.8, 4) is 0 Å². The third-order valence-electron chi connectivity index (χ3n) is 3.51. The van der Waals surface area contributed by atoms with Gasteiger partial charge in [-0.1, -0.05) is 0 Å². The lowest BCUT2D eigenvalue weighted by Gasteiger charge is -2.29. The summed E-state index contributed by atoms with van der Waals surface area (Å²) in [7, 11) is -1.37. The van der Waals surface area contributed by atoms with Gasteiger partial charge in [-0.05, 0) is 45.6 Å². The van der Waals surface area contributed by atoms with Gasteiger partial charge in [-0.2, -0.15) is 0 Å². The highest BCUT2D eigenvalue weighted by Gasteiger charge is 2.34. The van der Waals surface area contributed by atoms with E-state index in [1.165, 1.54) is 0 Å². The molecule has 1 aliphatic rings. The maximum absolute atomic E-state index is 12.2. The molecule has 0 radical (unpaired) electrons. The van der Waals surface area contributed by atoms with Crippen LogP contribution < -0.4 is 5.73 Å². The van der Waals surface area contributed by atoms with Crippen molar-refractivity contribution in [1.29, 1.82) is 0 Å². The molecule has 0 aromatic heterocycles. The van der Waals surface area contributed by atoms with Gasteiger partial charge in [0.2, 0.25) is 0 Å². The van der Waals surface area contributed by atoms with Crippen LogP contribution in [0.15, 0.2) is 0 Å². The highest BCUT2D eigenvalue weighted by Crippen LogP contribution is 2.28. The lowest BCUT2D eigenvalue weighted by molar-refractivity contribution is 0.0719. The molecule has 1 saturated carbocycles. The molecule has 0 spiro atoms. The molecule has 5 heteroatoms. The van der Waals surface area contributed by atoms with Gasteiger partial charge in [0.05, 0.1) is 16.6 Å². The molecule has 0 aromatic rings. The van der Waals surface area contributed by atoms with Crippen LogP contribution in [-0.2, 0) is 14.6 Å². The van der Waals surface area contributed by atoms with Crippen LogP contribution in [0.5, 0.6) is 0 Å². The van der Waals surface area contributed by atoms with Crippen molar-refractivity contribution in [3.63, 3.8) is 0 Å². The van der Waals surface area contributed by atoms with Gasteiger partial charge in [0.1, 0.15) is 0 Å². The van der Waals surface area contributed by atoms with Crippen LogP contribution in [0.1, 0.15) is 39.0 Å².